The van der Waals surface area contributed by atoms with Crippen LogP contribution in [-0.2, 0) is 0 Å². The van der Waals surface area contributed by atoms with E-state index in [1.165, 1.54) is 5.57 Å². The number of thiocarbonyl (C=S) groups is 1. The van der Waals surface area contributed by atoms with Gasteiger partial charge in [0.05, 0.1) is 24.1 Å². The Labute approximate surface area is 66.1 Å². The fourth-order valence-corrected chi connectivity index (χ4v) is 1.47. The largest absolute Gasteiger partial charge is 0.148 e. The van der Waals surface area contributed by atoms with Crippen LogP contribution in [0.4, 0.5) is 0 Å². The van der Waals surface area contributed by atoms with Crippen molar-refractivity contribution >= 4 is 29.7 Å². The second-order valence-electron chi connectivity index (χ2n) is 2.00. The number of allylic oxidation sites excluding steroid dienone is 4. The molecule has 0 aromatic heterocycles. The van der Waals surface area contributed by atoms with E-state index in [9.17, 15) is 0 Å². The average Bonchev–Trinajstić information content (AvgIpc) is 1.59. The van der Waals surface area contributed by atoms with Crippen LogP contribution < -0.4 is 0 Å². The molecule has 2 heteroatoms. The smallest absolute Gasteiger partial charge is 0.115 e. The van der Waals surface area contributed by atoms with Crippen LogP contribution >= 0.6 is 24.8 Å². The molecule has 0 spiro atoms. The fraction of sp³-hybridized carbons (Fsp3) is 0.143. The molecule has 0 heterocycles. The van der Waals surface area contributed by atoms with Crippen LogP contribution in [0.2, 0.25) is 0 Å². The highest BCUT2D eigenvalue weighted by Gasteiger charge is 2.11. The molecule has 1 aliphatic carbocycles. The first-order valence-electron chi connectivity index (χ1n) is 2.66. The van der Waals surface area contributed by atoms with Crippen molar-refractivity contribution in [1.29, 1.82) is 0 Å². The predicted octanol–water partition coefficient (Wildman–Crippen LogP) is 2.33. The molecule has 0 nitrogen and oxygen atoms in total. The second kappa shape index (κ2) is 2.58. The molecule has 0 saturated heterocycles. The van der Waals surface area contributed by atoms with E-state index in [2.05, 4.69) is 12.6 Å². The SMILES string of the molecule is CC1=CC(=S)C=C(S)[CH+]1. The number of rotatable bonds is 0. The van der Waals surface area contributed by atoms with Crippen LogP contribution in [0.15, 0.2) is 22.6 Å². The van der Waals surface area contributed by atoms with Crippen LogP contribution in [0.3, 0.4) is 0 Å². The molecule has 0 saturated carbocycles. The van der Waals surface area contributed by atoms with Gasteiger partial charge in [0.2, 0.25) is 0 Å². The van der Waals surface area contributed by atoms with Crippen molar-refractivity contribution in [2.75, 3.05) is 0 Å². The minimum Gasteiger partial charge on any atom is -0.115 e. The van der Waals surface area contributed by atoms with Gasteiger partial charge in [-0.2, -0.15) is 0 Å². The maximum absolute atomic E-state index is 4.94. The van der Waals surface area contributed by atoms with Crippen molar-refractivity contribution in [2.24, 2.45) is 0 Å². The molecule has 1 rings (SSSR count). The molecular formula is C7H7S2+. The molecule has 0 aromatic rings. The van der Waals surface area contributed by atoms with Crippen molar-refractivity contribution in [3.63, 3.8) is 0 Å². The van der Waals surface area contributed by atoms with E-state index in [1.54, 1.807) is 0 Å². The minimum absolute atomic E-state index is 0.861. The van der Waals surface area contributed by atoms with Crippen LogP contribution in [0.1, 0.15) is 6.92 Å². The Bertz CT molecular complexity index is 179. The zero-order valence-corrected chi connectivity index (χ0v) is 6.80. The van der Waals surface area contributed by atoms with Gasteiger partial charge in [-0.05, 0) is 19.1 Å². The quantitative estimate of drug-likeness (QED) is 0.318. The van der Waals surface area contributed by atoms with E-state index in [1.807, 2.05) is 25.5 Å². The summed E-state index contributed by atoms with van der Waals surface area (Å²) in [5.41, 5.74) is 1.17. The Morgan fingerprint density at radius 2 is 2.22 bits per heavy atom. The Morgan fingerprint density at radius 1 is 1.56 bits per heavy atom. The lowest BCUT2D eigenvalue weighted by molar-refractivity contribution is 1.43. The van der Waals surface area contributed by atoms with E-state index in [4.69, 9.17) is 12.2 Å². The fourth-order valence-electron chi connectivity index (χ4n) is 0.728. The normalized spacial score (nSPS) is 18.2. The number of hydrogen-bond donors (Lipinski definition) is 1. The summed E-state index contributed by atoms with van der Waals surface area (Å²) in [5.74, 6) is 0. The monoisotopic (exact) mass is 155 g/mol. The van der Waals surface area contributed by atoms with Gasteiger partial charge < -0.3 is 0 Å². The molecule has 0 fully saturated rings. The molecule has 9 heavy (non-hydrogen) atoms. The van der Waals surface area contributed by atoms with E-state index < -0.39 is 0 Å². The predicted molar refractivity (Wildman–Crippen MR) is 47.7 cm³/mol. The lowest BCUT2D eigenvalue weighted by Crippen LogP contribution is -1.94. The first-order valence-corrected chi connectivity index (χ1v) is 3.52. The van der Waals surface area contributed by atoms with Gasteiger partial charge in [0.15, 0.2) is 0 Å². The van der Waals surface area contributed by atoms with Crippen molar-refractivity contribution in [3.8, 4) is 0 Å². The lowest BCUT2D eigenvalue weighted by atomic mass is 10.1. The average molecular weight is 155 g/mol. The standard InChI is InChI=1S/C7H6S2/c1-5-2-6(8)4-7(9)3-5/h2-4H,1H3/p+1. The summed E-state index contributed by atoms with van der Waals surface area (Å²) in [6.45, 7) is 2.01. The van der Waals surface area contributed by atoms with Crippen molar-refractivity contribution in [3.05, 3.63) is 29.1 Å². The maximum atomic E-state index is 4.94. The van der Waals surface area contributed by atoms with Crippen molar-refractivity contribution < 1.29 is 0 Å². The summed E-state index contributed by atoms with van der Waals surface area (Å²) in [6.07, 6.45) is 5.80. The van der Waals surface area contributed by atoms with Crippen LogP contribution in [0.25, 0.3) is 0 Å². The molecule has 0 aliphatic heterocycles. The molecule has 46 valence electrons. The van der Waals surface area contributed by atoms with Crippen LogP contribution in [0, 0.1) is 6.42 Å². The zero-order valence-electron chi connectivity index (χ0n) is 5.09. The molecule has 1 aliphatic rings. The third-order valence-electron chi connectivity index (χ3n) is 1.04. The summed E-state index contributed by atoms with van der Waals surface area (Å²) < 4.78 is 0. The Morgan fingerprint density at radius 3 is 2.67 bits per heavy atom. The summed E-state index contributed by atoms with van der Waals surface area (Å²) in [4.78, 5) is 1.81. The molecule has 0 unspecified atom stereocenters. The number of hydrogen-bond acceptors (Lipinski definition) is 2. The summed E-state index contributed by atoms with van der Waals surface area (Å²) in [6, 6.07) is 0. The van der Waals surface area contributed by atoms with Gasteiger partial charge in [0, 0.05) is 0 Å². The molecule has 0 bridgehead atoms. The van der Waals surface area contributed by atoms with Gasteiger partial charge in [-0.1, -0.05) is 0 Å². The molecule has 0 N–H and O–H groups in total. The van der Waals surface area contributed by atoms with Gasteiger partial charge in [0.25, 0.3) is 0 Å². The summed E-state index contributed by atoms with van der Waals surface area (Å²) >= 11 is 9.10. The van der Waals surface area contributed by atoms with Crippen LogP contribution in [-0.4, -0.2) is 4.86 Å². The zero-order chi connectivity index (χ0) is 6.85. The van der Waals surface area contributed by atoms with Crippen molar-refractivity contribution in [2.45, 2.75) is 6.92 Å². The number of thiol groups is 1. The topological polar surface area (TPSA) is 0 Å². The summed E-state index contributed by atoms with van der Waals surface area (Å²) in [5, 5.41) is 0. The van der Waals surface area contributed by atoms with E-state index in [-0.39, 0.29) is 0 Å². The first kappa shape index (κ1) is 6.90. The van der Waals surface area contributed by atoms with Gasteiger partial charge in [-0.3, -0.25) is 0 Å². The van der Waals surface area contributed by atoms with Gasteiger partial charge >= 0.3 is 0 Å². The molecule has 0 amide bonds. The Kier molecular flexibility index (Phi) is 1.98. The van der Waals surface area contributed by atoms with E-state index in [0.717, 1.165) is 9.77 Å². The highest BCUT2D eigenvalue weighted by molar-refractivity contribution is 7.85. The first-order chi connectivity index (χ1) is 4.18. The molecule has 0 atom stereocenters. The minimum atomic E-state index is 0.861. The Balaban J connectivity index is 2.81. The Hall–Kier alpha value is -0.210. The van der Waals surface area contributed by atoms with Crippen molar-refractivity contribution in [1.82, 2.24) is 0 Å². The second-order valence-corrected chi connectivity index (χ2v) is 2.99. The highest BCUT2D eigenvalue weighted by Crippen LogP contribution is 2.17. The maximum Gasteiger partial charge on any atom is 0.148 e. The summed E-state index contributed by atoms with van der Waals surface area (Å²) in [7, 11) is 0. The molecule has 0 aromatic carbocycles. The molecular weight excluding hydrogens is 148 g/mol. The third kappa shape index (κ3) is 1.88. The van der Waals surface area contributed by atoms with E-state index >= 15 is 0 Å². The molecule has 0 radical (unpaired) electrons. The van der Waals surface area contributed by atoms with Gasteiger partial charge in [0.1, 0.15) is 9.77 Å². The third-order valence-corrected chi connectivity index (χ3v) is 1.53. The highest BCUT2D eigenvalue weighted by atomic mass is 32.1. The van der Waals surface area contributed by atoms with Gasteiger partial charge in [-0.25, -0.2) is 0 Å². The van der Waals surface area contributed by atoms with Crippen LogP contribution in [0.5, 0.6) is 0 Å². The lowest BCUT2D eigenvalue weighted by Gasteiger charge is -1.96. The van der Waals surface area contributed by atoms with Gasteiger partial charge in [-0.15, -0.1) is 12.6 Å². The van der Waals surface area contributed by atoms with E-state index in [0.29, 0.717) is 0 Å².